The molecular formula is C10H13ClN. The van der Waals surface area contributed by atoms with Crippen molar-refractivity contribution >= 4 is 11.6 Å². The summed E-state index contributed by atoms with van der Waals surface area (Å²) in [5, 5.41) is 0.782. The lowest BCUT2D eigenvalue weighted by Gasteiger charge is -2.06. The zero-order valence-electron chi connectivity index (χ0n) is 7.18. The summed E-state index contributed by atoms with van der Waals surface area (Å²) < 4.78 is 0. The van der Waals surface area contributed by atoms with Crippen molar-refractivity contribution in [3.05, 3.63) is 40.8 Å². The lowest BCUT2D eigenvalue weighted by molar-refractivity contribution is 1.01. The molecule has 1 rings (SSSR count). The van der Waals surface area contributed by atoms with Gasteiger partial charge in [0.15, 0.2) is 0 Å². The van der Waals surface area contributed by atoms with Crippen molar-refractivity contribution in [2.45, 2.75) is 19.9 Å². The third-order valence-electron chi connectivity index (χ3n) is 1.81. The first kappa shape index (κ1) is 9.56. The topological polar surface area (TPSA) is 26.0 Å². The molecule has 0 aliphatic heterocycles. The van der Waals surface area contributed by atoms with E-state index >= 15 is 0 Å². The fraction of sp³-hybridized carbons (Fsp3) is 0.300. The normalized spacial score (nSPS) is 10.2. The summed E-state index contributed by atoms with van der Waals surface area (Å²) in [5.74, 6) is 0. The zero-order valence-corrected chi connectivity index (χ0v) is 7.93. The van der Waals surface area contributed by atoms with Crippen LogP contribution in [0.1, 0.15) is 18.1 Å². The van der Waals surface area contributed by atoms with Crippen molar-refractivity contribution in [2.24, 2.45) is 5.73 Å². The van der Waals surface area contributed by atoms with Gasteiger partial charge in [-0.3, -0.25) is 0 Å². The molecule has 12 heavy (non-hydrogen) atoms. The van der Waals surface area contributed by atoms with E-state index in [-0.39, 0.29) is 0 Å². The molecule has 0 atom stereocenters. The van der Waals surface area contributed by atoms with Crippen molar-refractivity contribution < 1.29 is 0 Å². The van der Waals surface area contributed by atoms with Gasteiger partial charge in [-0.2, -0.15) is 0 Å². The predicted octanol–water partition coefficient (Wildman–Crippen LogP) is 2.57. The maximum absolute atomic E-state index is 5.85. The Bertz CT molecular complexity index is 258. The minimum atomic E-state index is 0.584. The highest BCUT2D eigenvalue weighted by molar-refractivity contribution is 6.30. The number of nitrogens with two attached hydrogens (primary N) is 1. The minimum Gasteiger partial charge on any atom is -0.326 e. The van der Waals surface area contributed by atoms with Gasteiger partial charge in [-0.05, 0) is 36.1 Å². The summed E-state index contributed by atoms with van der Waals surface area (Å²) in [6.45, 7) is 2.61. The zero-order chi connectivity index (χ0) is 8.97. The van der Waals surface area contributed by atoms with Gasteiger partial charge in [-0.15, -0.1) is 0 Å². The second kappa shape index (κ2) is 4.48. The van der Waals surface area contributed by atoms with Crippen LogP contribution in [0, 0.1) is 6.42 Å². The fourth-order valence-electron chi connectivity index (χ4n) is 1.20. The molecule has 65 valence electrons. The average molecular weight is 183 g/mol. The van der Waals surface area contributed by atoms with Crippen LogP contribution in [0.2, 0.25) is 5.02 Å². The van der Waals surface area contributed by atoms with E-state index in [1.54, 1.807) is 0 Å². The molecule has 0 heterocycles. The first-order chi connectivity index (χ1) is 5.77. The number of halogens is 1. The van der Waals surface area contributed by atoms with Gasteiger partial charge >= 0.3 is 0 Å². The van der Waals surface area contributed by atoms with Crippen LogP contribution >= 0.6 is 11.6 Å². The highest BCUT2D eigenvalue weighted by Crippen LogP contribution is 2.16. The number of hydrogen-bond acceptors (Lipinski definition) is 1. The van der Waals surface area contributed by atoms with Crippen LogP contribution in [0.25, 0.3) is 0 Å². The molecule has 1 aromatic rings. The molecule has 0 aliphatic rings. The van der Waals surface area contributed by atoms with E-state index in [1.807, 2.05) is 25.1 Å². The summed E-state index contributed by atoms with van der Waals surface area (Å²) in [6.07, 6.45) is 3.04. The Morgan fingerprint density at radius 3 is 2.75 bits per heavy atom. The van der Waals surface area contributed by atoms with Gasteiger partial charge in [0.25, 0.3) is 0 Å². The van der Waals surface area contributed by atoms with E-state index < -0.39 is 0 Å². The van der Waals surface area contributed by atoms with E-state index in [2.05, 4.69) is 6.42 Å². The molecule has 2 N–H and O–H groups in total. The molecule has 0 aliphatic carbocycles. The van der Waals surface area contributed by atoms with Gasteiger partial charge in [0, 0.05) is 11.6 Å². The second-order valence-corrected chi connectivity index (χ2v) is 3.17. The number of hydrogen-bond donors (Lipinski definition) is 1. The Balaban J connectivity index is 2.95. The fourth-order valence-corrected chi connectivity index (χ4v) is 1.40. The SMILES string of the molecule is C[CH]Cc1cc(Cl)ccc1CN. The largest absolute Gasteiger partial charge is 0.326 e. The molecule has 0 saturated carbocycles. The van der Waals surface area contributed by atoms with E-state index in [0.29, 0.717) is 6.54 Å². The number of rotatable bonds is 3. The Morgan fingerprint density at radius 2 is 2.17 bits per heavy atom. The van der Waals surface area contributed by atoms with Crippen LogP contribution < -0.4 is 5.73 Å². The van der Waals surface area contributed by atoms with Crippen LogP contribution in [-0.4, -0.2) is 0 Å². The average Bonchev–Trinajstić information content (AvgIpc) is 2.05. The van der Waals surface area contributed by atoms with Crippen LogP contribution in [-0.2, 0) is 13.0 Å². The van der Waals surface area contributed by atoms with Crippen LogP contribution in [0.5, 0.6) is 0 Å². The molecule has 0 bridgehead atoms. The molecular weight excluding hydrogens is 170 g/mol. The predicted molar refractivity (Wildman–Crippen MR) is 53.0 cm³/mol. The molecule has 1 radical (unpaired) electrons. The molecule has 1 aromatic carbocycles. The molecule has 0 saturated heterocycles. The van der Waals surface area contributed by atoms with Gasteiger partial charge < -0.3 is 5.73 Å². The molecule has 2 heteroatoms. The molecule has 1 nitrogen and oxygen atoms in total. The highest BCUT2D eigenvalue weighted by Gasteiger charge is 2.00. The maximum Gasteiger partial charge on any atom is 0.0408 e. The Morgan fingerprint density at radius 1 is 1.42 bits per heavy atom. The van der Waals surface area contributed by atoms with E-state index in [4.69, 9.17) is 17.3 Å². The summed E-state index contributed by atoms with van der Waals surface area (Å²) in [6, 6.07) is 5.84. The summed E-state index contributed by atoms with van der Waals surface area (Å²) in [5.41, 5.74) is 7.98. The Hall–Kier alpha value is -0.530. The molecule has 0 amide bonds. The summed E-state index contributed by atoms with van der Waals surface area (Å²) in [4.78, 5) is 0. The molecule has 0 aromatic heterocycles. The molecule has 0 fully saturated rings. The van der Waals surface area contributed by atoms with Crippen LogP contribution in [0.3, 0.4) is 0 Å². The molecule has 0 spiro atoms. The Kier molecular flexibility index (Phi) is 3.57. The van der Waals surface area contributed by atoms with Crippen molar-refractivity contribution in [1.29, 1.82) is 0 Å². The summed E-state index contributed by atoms with van der Waals surface area (Å²) in [7, 11) is 0. The smallest absolute Gasteiger partial charge is 0.0408 e. The van der Waals surface area contributed by atoms with Crippen molar-refractivity contribution in [3.63, 3.8) is 0 Å². The first-order valence-electron chi connectivity index (χ1n) is 4.03. The quantitative estimate of drug-likeness (QED) is 0.764. The van der Waals surface area contributed by atoms with Crippen LogP contribution in [0.15, 0.2) is 18.2 Å². The third kappa shape index (κ3) is 2.23. The number of benzene rings is 1. The van der Waals surface area contributed by atoms with Crippen molar-refractivity contribution in [2.75, 3.05) is 0 Å². The van der Waals surface area contributed by atoms with E-state index in [1.165, 1.54) is 11.1 Å². The third-order valence-corrected chi connectivity index (χ3v) is 2.05. The highest BCUT2D eigenvalue weighted by atomic mass is 35.5. The van der Waals surface area contributed by atoms with Gasteiger partial charge in [0.1, 0.15) is 0 Å². The monoisotopic (exact) mass is 182 g/mol. The lowest BCUT2D eigenvalue weighted by atomic mass is 10.0. The minimum absolute atomic E-state index is 0.584. The van der Waals surface area contributed by atoms with Gasteiger partial charge in [-0.25, -0.2) is 0 Å². The van der Waals surface area contributed by atoms with Crippen molar-refractivity contribution in [3.8, 4) is 0 Å². The molecule has 0 unspecified atom stereocenters. The first-order valence-corrected chi connectivity index (χ1v) is 4.41. The van der Waals surface area contributed by atoms with Gasteiger partial charge in [0.2, 0.25) is 0 Å². The maximum atomic E-state index is 5.85. The van der Waals surface area contributed by atoms with Gasteiger partial charge in [0.05, 0.1) is 0 Å². The summed E-state index contributed by atoms with van der Waals surface area (Å²) >= 11 is 5.85. The van der Waals surface area contributed by atoms with Crippen molar-refractivity contribution in [1.82, 2.24) is 0 Å². The second-order valence-electron chi connectivity index (χ2n) is 2.73. The lowest BCUT2D eigenvalue weighted by Crippen LogP contribution is -2.01. The van der Waals surface area contributed by atoms with Crippen LogP contribution in [0.4, 0.5) is 0 Å². The Labute approximate surface area is 78.5 Å². The van der Waals surface area contributed by atoms with E-state index in [9.17, 15) is 0 Å². The van der Waals surface area contributed by atoms with Gasteiger partial charge in [-0.1, -0.05) is 24.6 Å². The standard InChI is InChI=1S/C10H13ClN/c1-2-3-8-6-10(11)5-4-9(8)7-12/h2,4-6H,3,7,12H2,1H3. The van der Waals surface area contributed by atoms with E-state index in [0.717, 1.165) is 11.4 Å².